The van der Waals surface area contributed by atoms with Gasteiger partial charge in [0.05, 0.1) is 25.4 Å². The van der Waals surface area contributed by atoms with Crippen LogP contribution in [0.15, 0.2) is 0 Å². The number of aliphatic hydroxyl groups excluding tert-OH is 2. The average molecular weight is 132 g/mol. The predicted molar refractivity (Wildman–Crippen MR) is 33.5 cm³/mol. The SMILES string of the molecule is [CH2]C(O)COCC([CH2])O. The summed E-state index contributed by atoms with van der Waals surface area (Å²) in [5.41, 5.74) is 0. The Morgan fingerprint density at radius 2 is 1.44 bits per heavy atom. The van der Waals surface area contributed by atoms with Crippen LogP contribution in [0.4, 0.5) is 0 Å². The number of ether oxygens (including phenoxy) is 1. The topological polar surface area (TPSA) is 49.7 Å². The van der Waals surface area contributed by atoms with Crippen LogP contribution in [0.25, 0.3) is 0 Å². The highest BCUT2D eigenvalue weighted by molar-refractivity contribution is 4.57. The lowest BCUT2D eigenvalue weighted by Gasteiger charge is -2.06. The Labute approximate surface area is 55.3 Å². The van der Waals surface area contributed by atoms with Crippen molar-refractivity contribution in [3.8, 4) is 0 Å². The summed E-state index contributed by atoms with van der Waals surface area (Å²) in [6, 6.07) is 0. The molecule has 0 heterocycles. The van der Waals surface area contributed by atoms with E-state index in [1.54, 1.807) is 0 Å². The molecule has 0 saturated carbocycles. The third-order valence-electron chi connectivity index (χ3n) is 0.620. The van der Waals surface area contributed by atoms with E-state index in [0.29, 0.717) is 0 Å². The van der Waals surface area contributed by atoms with Gasteiger partial charge in [0.25, 0.3) is 0 Å². The minimum absolute atomic E-state index is 0.145. The fourth-order valence-corrected chi connectivity index (χ4v) is 0.340. The molecular formula is C6H12O3. The largest absolute Gasteiger partial charge is 0.391 e. The molecule has 0 aliphatic carbocycles. The lowest BCUT2D eigenvalue weighted by Crippen LogP contribution is -2.17. The summed E-state index contributed by atoms with van der Waals surface area (Å²) < 4.78 is 4.73. The summed E-state index contributed by atoms with van der Waals surface area (Å²) in [6.45, 7) is 6.82. The first-order valence-corrected chi connectivity index (χ1v) is 2.73. The second-order valence-electron chi connectivity index (χ2n) is 1.85. The molecule has 0 aliphatic heterocycles. The van der Waals surface area contributed by atoms with E-state index in [1.165, 1.54) is 0 Å². The summed E-state index contributed by atoms with van der Waals surface area (Å²) in [5.74, 6) is 0. The van der Waals surface area contributed by atoms with Crippen LogP contribution in [0.2, 0.25) is 0 Å². The average Bonchev–Trinajstić information content (AvgIpc) is 1.63. The molecule has 54 valence electrons. The first-order chi connectivity index (χ1) is 4.13. The minimum atomic E-state index is -0.719. The molecule has 2 atom stereocenters. The monoisotopic (exact) mass is 132 g/mol. The van der Waals surface area contributed by atoms with E-state index < -0.39 is 12.2 Å². The van der Waals surface area contributed by atoms with E-state index in [-0.39, 0.29) is 13.2 Å². The van der Waals surface area contributed by atoms with Crippen LogP contribution in [-0.2, 0) is 4.74 Å². The molecule has 0 fully saturated rings. The third kappa shape index (κ3) is 7.88. The summed E-state index contributed by atoms with van der Waals surface area (Å²) in [4.78, 5) is 0. The van der Waals surface area contributed by atoms with E-state index in [4.69, 9.17) is 14.9 Å². The quantitative estimate of drug-likeness (QED) is 0.536. The maximum atomic E-state index is 8.53. The van der Waals surface area contributed by atoms with Gasteiger partial charge in [0, 0.05) is 0 Å². The van der Waals surface area contributed by atoms with Gasteiger partial charge in [-0.05, 0) is 13.8 Å². The zero-order valence-electron chi connectivity index (χ0n) is 5.29. The first kappa shape index (κ1) is 8.88. The molecule has 0 aromatic carbocycles. The Balaban J connectivity index is 2.91. The van der Waals surface area contributed by atoms with E-state index in [9.17, 15) is 0 Å². The Kier molecular flexibility index (Phi) is 4.67. The molecule has 3 heteroatoms. The Hall–Kier alpha value is -0.120. The van der Waals surface area contributed by atoms with Gasteiger partial charge in [-0.15, -0.1) is 0 Å². The molecule has 9 heavy (non-hydrogen) atoms. The van der Waals surface area contributed by atoms with Crippen LogP contribution in [0.3, 0.4) is 0 Å². The predicted octanol–water partition coefficient (Wildman–Crippen LogP) is -0.607. The number of hydrogen-bond acceptors (Lipinski definition) is 3. The molecule has 0 rings (SSSR count). The van der Waals surface area contributed by atoms with Crippen molar-refractivity contribution in [3.63, 3.8) is 0 Å². The van der Waals surface area contributed by atoms with Crippen LogP contribution >= 0.6 is 0 Å². The number of rotatable bonds is 4. The summed E-state index contributed by atoms with van der Waals surface area (Å²) in [7, 11) is 0. The fourth-order valence-electron chi connectivity index (χ4n) is 0.340. The minimum Gasteiger partial charge on any atom is -0.391 e. The summed E-state index contributed by atoms with van der Waals surface area (Å²) in [5, 5.41) is 17.1. The highest BCUT2D eigenvalue weighted by atomic mass is 16.5. The lowest BCUT2D eigenvalue weighted by molar-refractivity contribution is 0.0188. The van der Waals surface area contributed by atoms with Gasteiger partial charge in [0.15, 0.2) is 0 Å². The molecule has 0 aromatic heterocycles. The van der Waals surface area contributed by atoms with Gasteiger partial charge in [-0.1, -0.05) is 0 Å². The van der Waals surface area contributed by atoms with Gasteiger partial charge >= 0.3 is 0 Å². The van der Waals surface area contributed by atoms with Crippen LogP contribution in [0, 0.1) is 13.8 Å². The Morgan fingerprint density at radius 3 is 1.67 bits per heavy atom. The molecule has 0 spiro atoms. The molecule has 3 nitrogen and oxygen atoms in total. The number of hydrogen-bond donors (Lipinski definition) is 2. The highest BCUT2D eigenvalue weighted by Gasteiger charge is 1.97. The van der Waals surface area contributed by atoms with E-state index in [2.05, 4.69) is 13.8 Å². The van der Waals surface area contributed by atoms with E-state index in [0.717, 1.165) is 0 Å². The standard InChI is InChI=1S/C6H12O3/c1-5(7)3-9-4-6(2)8/h5-8H,1-4H2. The maximum absolute atomic E-state index is 8.53. The van der Waals surface area contributed by atoms with E-state index in [1.807, 2.05) is 0 Å². The summed E-state index contributed by atoms with van der Waals surface area (Å²) >= 11 is 0. The van der Waals surface area contributed by atoms with Gasteiger partial charge < -0.3 is 14.9 Å². The van der Waals surface area contributed by atoms with Crippen LogP contribution < -0.4 is 0 Å². The zero-order valence-corrected chi connectivity index (χ0v) is 5.29. The second kappa shape index (κ2) is 4.73. The molecule has 0 aliphatic rings. The molecule has 0 aromatic rings. The Morgan fingerprint density at radius 1 is 1.11 bits per heavy atom. The smallest absolute Gasteiger partial charge is 0.0774 e. The molecule has 2 unspecified atom stereocenters. The number of aliphatic hydroxyl groups is 2. The van der Waals surface area contributed by atoms with Crippen molar-refractivity contribution in [1.82, 2.24) is 0 Å². The highest BCUT2D eigenvalue weighted by Crippen LogP contribution is 1.84. The van der Waals surface area contributed by atoms with Crippen molar-refractivity contribution in [1.29, 1.82) is 0 Å². The third-order valence-corrected chi connectivity index (χ3v) is 0.620. The molecule has 0 bridgehead atoms. The van der Waals surface area contributed by atoms with Crippen LogP contribution in [0.1, 0.15) is 0 Å². The van der Waals surface area contributed by atoms with Crippen molar-refractivity contribution >= 4 is 0 Å². The van der Waals surface area contributed by atoms with Crippen molar-refractivity contribution in [2.24, 2.45) is 0 Å². The van der Waals surface area contributed by atoms with Crippen molar-refractivity contribution in [2.75, 3.05) is 13.2 Å². The Bertz CT molecular complexity index is 53.3. The van der Waals surface area contributed by atoms with Gasteiger partial charge in [-0.2, -0.15) is 0 Å². The molecule has 0 saturated heterocycles. The van der Waals surface area contributed by atoms with Crippen molar-refractivity contribution in [2.45, 2.75) is 12.2 Å². The van der Waals surface area contributed by atoms with Gasteiger partial charge in [0.1, 0.15) is 0 Å². The fraction of sp³-hybridized carbons (Fsp3) is 0.667. The van der Waals surface area contributed by atoms with Crippen molar-refractivity contribution < 1.29 is 14.9 Å². The van der Waals surface area contributed by atoms with Gasteiger partial charge in [-0.25, -0.2) is 0 Å². The molecule has 2 N–H and O–H groups in total. The zero-order chi connectivity index (χ0) is 7.28. The second-order valence-corrected chi connectivity index (χ2v) is 1.85. The normalized spacial score (nSPS) is 17.3. The van der Waals surface area contributed by atoms with Crippen molar-refractivity contribution in [3.05, 3.63) is 13.8 Å². The molecule has 0 amide bonds. The first-order valence-electron chi connectivity index (χ1n) is 2.73. The van der Waals surface area contributed by atoms with Crippen LogP contribution in [-0.4, -0.2) is 35.6 Å². The lowest BCUT2D eigenvalue weighted by atomic mass is 10.4. The molecule has 2 radical (unpaired) electrons. The van der Waals surface area contributed by atoms with Gasteiger partial charge in [0.2, 0.25) is 0 Å². The molecular weight excluding hydrogens is 120 g/mol. The maximum Gasteiger partial charge on any atom is 0.0774 e. The van der Waals surface area contributed by atoms with E-state index >= 15 is 0 Å². The summed E-state index contributed by atoms with van der Waals surface area (Å²) in [6.07, 6.45) is -1.44. The van der Waals surface area contributed by atoms with Gasteiger partial charge in [-0.3, -0.25) is 0 Å². The van der Waals surface area contributed by atoms with Crippen LogP contribution in [0.5, 0.6) is 0 Å².